The molecule has 0 radical (unpaired) electrons. The Balaban J connectivity index is 1.63. The number of nitrogens with zero attached hydrogens (tertiary/aromatic N) is 2. The van der Waals surface area contributed by atoms with Gasteiger partial charge in [-0.2, -0.15) is 0 Å². The van der Waals surface area contributed by atoms with Crippen LogP contribution in [0.4, 0.5) is 0 Å². The Morgan fingerprint density at radius 3 is 2.52 bits per heavy atom. The predicted molar refractivity (Wildman–Crippen MR) is 113 cm³/mol. The van der Waals surface area contributed by atoms with Crippen LogP contribution in [0.2, 0.25) is 0 Å². The zero-order valence-electron chi connectivity index (χ0n) is 17.1. The number of pyridine rings is 1. The molecule has 29 heavy (non-hydrogen) atoms. The molecule has 2 amide bonds. The highest BCUT2D eigenvalue weighted by atomic mass is 16.2. The van der Waals surface area contributed by atoms with Crippen LogP contribution in [-0.2, 0) is 11.3 Å². The first kappa shape index (κ1) is 20.8. The maximum atomic E-state index is 12.7. The molecule has 0 aliphatic heterocycles. The first-order chi connectivity index (χ1) is 14.0. The first-order valence-corrected chi connectivity index (χ1v) is 10.2. The van der Waals surface area contributed by atoms with Gasteiger partial charge in [-0.15, -0.1) is 0 Å². The van der Waals surface area contributed by atoms with Crippen LogP contribution >= 0.6 is 0 Å². The molecule has 0 bridgehead atoms. The van der Waals surface area contributed by atoms with Gasteiger partial charge in [-0.05, 0) is 36.5 Å². The number of aromatic nitrogens is 1. The second-order valence-electron chi connectivity index (χ2n) is 7.90. The van der Waals surface area contributed by atoms with Crippen molar-refractivity contribution in [3.63, 3.8) is 0 Å². The minimum Gasteiger partial charge on any atom is -0.349 e. The molecule has 1 aliphatic rings. The van der Waals surface area contributed by atoms with E-state index in [1.54, 1.807) is 24.2 Å². The van der Waals surface area contributed by atoms with E-state index in [1.807, 2.05) is 30.3 Å². The molecular formula is C23H29N3O3. The maximum Gasteiger partial charge on any atom is 0.263 e. The number of amides is 2. The largest absolute Gasteiger partial charge is 0.349 e. The zero-order chi connectivity index (χ0) is 20.8. The molecule has 3 rings (SSSR count). The summed E-state index contributed by atoms with van der Waals surface area (Å²) in [5.41, 5.74) is 0.822. The van der Waals surface area contributed by atoms with Crippen LogP contribution in [0, 0.1) is 0 Å². The average Bonchev–Trinajstić information content (AvgIpc) is 3.23. The van der Waals surface area contributed by atoms with E-state index in [9.17, 15) is 14.4 Å². The summed E-state index contributed by atoms with van der Waals surface area (Å²) in [5, 5.41) is 2.94. The Kier molecular flexibility index (Phi) is 6.86. The SMILES string of the molecule is CC(CN(C)C(=O)Cn1cccc(C(=O)NC2CCCC2)c1=O)c1ccccc1. The van der Waals surface area contributed by atoms with Gasteiger partial charge in [0.25, 0.3) is 11.5 Å². The molecule has 0 spiro atoms. The molecule has 154 valence electrons. The van der Waals surface area contributed by atoms with Gasteiger partial charge in [-0.3, -0.25) is 14.4 Å². The monoisotopic (exact) mass is 395 g/mol. The van der Waals surface area contributed by atoms with Crippen molar-refractivity contribution in [1.82, 2.24) is 14.8 Å². The number of rotatable bonds is 7. The fourth-order valence-corrected chi connectivity index (χ4v) is 3.83. The molecule has 6 heteroatoms. The molecule has 1 aromatic carbocycles. The standard InChI is InChI=1S/C23H29N3O3/c1-17(18-9-4-3-5-10-18)15-25(2)21(27)16-26-14-8-13-20(23(26)29)22(28)24-19-11-6-7-12-19/h3-5,8-10,13-14,17,19H,6-7,11-12,15-16H2,1-2H3,(H,24,28). The van der Waals surface area contributed by atoms with Gasteiger partial charge in [0.15, 0.2) is 0 Å². The molecule has 2 aromatic rings. The molecule has 1 aromatic heterocycles. The fraction of sp³-hybridized carbons (Fsp3) is 0.435. The van der Waals surface area contributed by atoms with Crippen molar-refractivity contribution in [2.45, 2.75) is 51.1 Å². The van der Waals surface area contributed by atoms with Crippen LogP contribution in [0.25, 0.3) is 0 Å². The van der Waals surface area contributed by atoms with E-state index >= 15 is 0 Å². The summed E-state index contributed by atoms with van der Waals surface area (Å²) in [4.78, 5) is 39.5. The summed E-state index contributed by atoms with van der Waals surface area (Å²) in [7, 11) is 1.74. The maximum absolute atomic E-state index is 12.7. The van der Waals surface area contributed by atoms with Crippen molar-refractivity contribution in [1.29, 1.82) is 0 Å². The Morgan fingerprint density at radius 1 is 1.14 bits per heavy atom. The van der Waals surface area contributed by atoms with Crippen molar-refractivity contribution in [2.24, 2.45) is 0 Å². The van der Waals surface area contributed by atoms with Gasteiger partial charge in [-0.1, -0.05) is 50.1 Å². The third-order valence-corrected chi connectivity index (χ3v) is 5.60. The van der Waals surface area contributed by atoms with Crippen LogP contribution in [0.3, 0.4) is 0 Å². The van der Waals surface area contributed by atoms with Gasteiger partial charge in [0.2, 0.25) is 5.91 Å². The van der Waals surface area contributed by atoms with E-state index in [2.05, 4.69) is 12.2 Å². The topological polar surface area (TPSA) is 71.4 Å². The van der Waals surface area contributed by atoms with E-state index in [1.165, 1.54) is 10.6 Å². The molecule has 1 heterocycles. The molecular weight excluding hydrogens is 366 g/mol. The number of carbonyl (C=O) groups excluding carboxylic acids is 2. The molecule has 0 saturated heterocycles. The van der Waals surface area contributed by atoms with Crippen LogP contribution in [-0.4, -0.2) is 40.9 Å². The molecule has 1 saturated carbocycles. The van der Waals surface area contributed by atoms with Gasteiger partial charge in [0, 0.05) is 25.8 Å². The third kappa shape index (κ3) is 5.34. The van der Waals surface area contributed by atoms with Gasteiger partial charge >= 0.3 is 0 Å². The summed E-state index contributed by atoms with van der Waals surface area (Å²) >= 11 is 0. The quantitative estimate of drug-likeness (QED) is 0.784. The summed E-state index contributed by atoms with van der Waals surface area (Å²) < 4.78 is 1.32. The lowest BCUT2D eigenvalue weighted by Gasteiger charge is -2.22. The number of hydrogen-bond acceptors (Lipinski definition) is 3. The summed E-state index contributed by atoms with van der Waals surface area (Å²) in [6.45, 7) is 2.54. The second-order valence-corrected chi connectivity index (χ2v) is 7.90. The lowest BCUT2D eigenvalue weighted by Crippen LogP contribution is -2.40. The smallest absolute Gasteiger partial charge is 0.263 e. The molecule has 6 nitrogen and oxygen atoms in total. The van der Waals surface area contributed by atoms with Gasteiger partial charge in [0.1, 0.15) is 12.1 Å². The molecule has 1 N–H and O–H groups in total. The molecule has 1 fully saturated rings. The van der Waals surface area contributed by atoms with Crippen molar-refractivity contribution in [3.05, 3.63) is 70.1 Å². The highest BCUT2D eigenvalue weighted by Crippen LogP contribution is 2.18. The third-order valence-electron chi connectivity index (χ3n) is 5.60. The van der Waals surface area contributed by atoms with Crippen molar-refractivity contribution >= 4 is 11.8 Å². The van der Waals surface area contributed by atoms with Crippen molar-refractivity contribution in [2.75, 3.05) is 13.6 Å². The van der Waals surface area contributed by atoms with Crippen molar-refractivity contribution < 1.29 is 9.59 Å². The average molecular weight is 396 g/mol. The predicted octanol–water partition coefficient (Wildman–Crippen LogP) is 2.78. The number of carbonyl (C=O) groups is 2. The minimum absolute atomic E-state index is 0.0820. The normalized spacial score (nSPS) is 15.1. The Labute approximate surface area is 171 Å². The van der Waals surface area contributed by atoms with Crippen LogP contribution < -0.4 is 10.9 Å². The highest BCUT2D eigenvalue weighted by molar-refractivity contribution is 5.94. The Morgan fingerprint density at radius 2 is 1.83 bits per heavy atom. The fourth-order valence-electron chi connectivity index (χ4n) is 3.83. The van der Waals surface area contributed by atoms with Crippen LogP contribution in [0.5, 0.6) is 0 Å². The second kappa shape index (κ2) is 9.54. The van der Waals surface area contributed by atoms with Crippen LogP contribution in [0.1, 0.15) is 54.4 Å². The van der Waals surface area contributed by atoms with Crippen molar-refractivity contribution in [3.8, 4) is 0 Å². The number of nitrogens with one attached hydrogen (secondary N) is 1. The van der Waals surface area contributed by atoms with Gasteiger partial charge in [-0.25, -0.2) is 0 Å². The summed E-state index contributed by atoms with van der Waals surface area (Å²) in [6.07, 6.45) is 5.67. The highest BCUT2D eigenvalue weighted by Gasteiger charge is 2.21. The molecule has 1 aliphatic carbocycles. The van der Waals surface area contributed by atoms with Gasteiger partial charge in [0.05, 0.1) is 0 Å². The van der Waals surface area contributed by atoms with E-state index in [-0.39, 0.29) is 35.9 Å². The summed E-state index contributed by atoms with van der Waals surface area (Å²) in [6, 6.07) is 13.3. The lowest BCUT2D eigenvalue weighted by molar-refractivity contribution is -0.130. The lowest BCUT2D eigenvalue weighted by atomic mass is 10.0. The number of hydrogen-bond donors (Lipinski definition) is 1. The van der Waals surface area contributed by atoms with E-state index in [0.29, 0.717) is 6.54 Å². The minimum atomic E-state index is -0.430. The van der Waals surface area contributed by atoms with E-state index in [4.69, 9.17) is 0 Å². The molecule has 1 atom stereocenters. The van der Waals surface area contributed by atoms with Crippen LogP contribution in [0.15, 0.2) is 53.5 Å². The number of benzene rings is 1. The number of likely N-dealkylation sites (N-methyl/N-ethyl adjacent to an activating group) is 1. The van der Waals surface area contributed by atoms with Gasteiger partial charge < -0.3 is 14.8 Å². The summed E-state index contributed by atoms with van der Waals surface area (Å²) in [5.74, 6) is -0.330. The Hall–Kier alpha value is -2.89. The van der Waals surface area contributed by atoms with E-state index in [0.717, 1.165) is 31.2 Å². The Bertz CT molecular complexity index is 901. The first-order valence-electron chi connectivity index (χ1n) is 10.2. The van der Waals surface area contributed by atoms with E-state index < -0.39 is 5.56 Å². The zero-order valence-corrected chi connectivity index (χ0v) is 17.1. The molecule has 1 unspecified atom stereocenters.